The first-order chi connectivity index (χ1) is 12.7. The van der Waals surface area contributed by atoms with Gasteiger partial charge in [-0.25, -0.2) is 0 Å². The smallest absolute Gasteiger partial charge is 0.234 e. The zero-order valence-electron chi connectivity index (χ0n) is 16.4. The molecule has 26 heavy (non-hydrogen) atoms. The van der Waals surface area contributed by atoms with Crippen LogP contribution < -0.4 is 21.7 Å². The molecule has 0 aliphatic rings. The van der Waals surface area contributed by atoms with Gasteiger partial charge in [0.15, 0.2) is 0 Å². The summed E-state index contributed by atoms with van der Waals surface area (Å²) in [5.41, 5.74) is 5.29. The molecular weight excluding hydrogens is 340 g/mol. The number of amides is 1. The second-order valence-electron chi connectivity index (χ2n) is 5.87. The average Bonchev–Trinajstić information content (AvgIpc) is 2.62. The number of rotatable bonds is 20. The molecule has 0 aliphatic carbocycles. The first-order valence-electron chi connectivity index (χ1n) is 9.38. The Kier molecular flexibility index (Phi) is 19.9. The normalized spacial score (nSPS) is 11.2. The number of ether oxygens (including phenoxy) is 4. The van der Waals surface area contributed by atoms with Crippen molar-refractivity contribution < 1.29 is 23.7 Å². The van der Waals surface area contributed by atoms with E-state index in [2.05, 4.69) is 29.8 Å². The third kappa shape index (κ3) is 21.2. The van der Waals surface area contributed by atoms with Gasteiger partial charge in [0.05, 0.1) is 59.4 Å². The fraction of sp³-hybridized carbons (Fsp3) is 0.941. The molecule has 9 heteroatoms. The van der Waals surface area contributed by atoms with Gasteiger partial charge in [0.2, 0.25) is 5.91 Å². The van der Waals surface area contributed by atoms with Crippen molar-refractivity contribution in [2.45, 2.75) is 19.9 Å². The van der Waals surface area contributed by atoms with Crippen molar-refractivity contribution in [2.24, 2.45) is 5.73 Å². The van der Waals surface area contributed by atoms with E-state index in [1.165, 1.54) is 0 Å². The van der Waals surface area contributed by atoms with Gasteiger partial charge in [-0.05, 0) is 0 Å². The molecule has 0 bridgehead atoms. The van der Waals surface area contributed by atoms with Gasteiger partial charge in [0, 0.05) is 32.2 Å². The number of nitrogens with one attached hydrogen (secondary N) is 3. The molecule has 0 aromatic rings. The molecule has 1 amide bonds. The maximum Gasteiger partial charge on any atom is 0.234 e. The highest BCUT2D eigenvalue weighted by Gasteiger charge is 1.98. The molecule has 0 heterocycles. The van der Waals surface area contributed by atoms with Crippen LogP contribution >= 0.6 is 0 Å². The molecule has 5 N–H and O–H groups in total. The van der Waals surface area contributed by atoms with E-state index in [1.807, 2.05) is 0 Å². The van der Waals surface area contributed by atoms with Crippen molar-refractivity contribution >= 4 is 5.91 Å². The number of hydrogen-bond donors (Lipinski definition) is 4. The monoisotopic (exact) mass is 378 g/mol. The number of carbonyl (C=O) groups is 1. The highest BCUT2D eigenvalue weighted by Crippen LogP contribution is 1.83. The minimum atomic E-state index is -0.0589. The van der Waals surface area contributed by atoms with Gasteiger partial charge in [-0.2, -0.15) is 0 Å². The summed E-state index contributed by atoms with van der Waals surface area (Å²) in [6.45, 7) is 11.5. The fourth-order valence-electron chi connectivity index (χ4n) is 1.80. The van der Waals surface area contributed by atoms with E-state index < -0.39 is 0 Å². The molecule has 156 valence electrons. The van der Waals surface area contributed by atoms with Gasteiger partial charge in [0.1, 0.15) is 0 Å². The second-order valence-corrected chi connectivity index (χ2v) is 5.87. The van der Waals surface area contributed by atoms with E-state index in [9.17, 15) is 4.79 Å². The van der Waals surface area contributed by atoms with Crippen LogP contribution in [-0.2, 0) is 23.7 Å². The number of nitrogens with two attached hydrogens (primary N) is 1. The minimum Gasteiger partial charge on any atom is -0.378 e. The lowest BCUT2D eigenvalue weighted by Gasteiger charge is -2.09. The van der Waals surface area contributed by atoms with E-state index >= 15 is 0 Å². The quantitative estimate of drug-likeness (QED) is 0.194. The van der Waals surface area contributed by atoms with Gasteiger partial charge in [0.25, 0.3) is 0 Å². The van der Waals surface area contributed by atoms with Crippen LogP contribution in [0.25, 0.3) is 0 Å². The lowest BCUT2D eigenvalue weighted by molar-refractivity contribution is -0.120. The summed E-state index contributed by atoms with van der Waals surface area (Å²) in [7, 11) is 0. The molecule has 0 spiro atoms. The van der Waals surface area contributed by atoms with Crippen LogP contribution in [0, 0.1) is 0 Å². The first kappa shape index (κ1) is 25.2. The Bertz CT molecular complexity index is 309. The van der Waals surface area contributed by atoms with Crippen molar-refractivity contribution in [3.63, 3.8) is 0 Å². The molecule has 0 unspecified atom stereocenters. The molecule has 0 atom stereocenters. The van der Waals surface area contributed by atoms with E-state index in [0.717, 1.165) is 6.54 Å². The Hall–Kier alpha value is -0.810. The summed E-state index contributed by atoms with van der Waals surface area (Å²) in [5.74, 6) is -0.0589. The van der Waals surface area contributed by atoms with Crippen LogP contribution in [0.5, 0.6) is 0 Å². The van der Waals surface area contributed by atoms with E-state index in [0.29, 0.717) is 78.5 Å². The molecule has 9 nitrogen and oxygen atoms in total. The highest BCUT2D eigenvalue weighted by atomic mass is 16.6. The van der Waals surface area contributed by atoms with Crippen LogP contribution in [0.15, 0.2) is 0 Å². The van der Waals surface area contributed by atoms with Crippen LogP contribution in [0.3, 0.4) is 0 Å². The zero-order valence-corrected chi connectivity index (χ0v) is 16.4. The summed E-state index contributed by atoms with van der Waals surface area (Å²) in [6.07, 6.45) is 0. The Morgan fingerprint density at radius 2 is 1.31 bits per heavy atom. The van der Waals surface area contributed by atoms with Crippen molar-refractivity contribution in [1.29, 1.82) is 0 Å². The molecule has 0 saturated heterocycles. The predicted octanol–water partition coefficient (Wildman–Crippen LogP) is -1.28. The average molecular weight is 379 g/mol. The minimum absolute atomic E-state index is 0.0589. The molecule has 0 aromatic carbocycles. The van der Waals surface area contributed by atoms with Crippen molar-refractivity contribution in [3.8, 4) is 0 Å². The van der Waals surface area contributed by atoms with Gasteiger partial charge < -0.3 is 40.6 Å². The summed E-state index contributed by atoms with van der Waals surface area (Å²) in [5, 5.41) is 8.95. The predicted molar refractivity (Wildman–Crippen MR) is 101 cm³/mol. The number of hydrogen-bond acceptors (Lipinski definition) is 8. The number of carbonyl (C=O) groups excluding carboxylic acids is 1. The Morgan fingerprint density at radius 3 is 1.81 bits per heavy atom. The van der Waals surface area contributed by atoms with Gasteiger partial charge in [-0.3, -0.25) is 4.79 Å². The molecule has 0 fully saturated rings. The summed E-state index contributed by atoms with van der Waals surface area (Å²) >= 11 is 0. The Balaban J connectivity index is 3.06. The van der Waals surface area contributed by atoms with Crippen LogP contribution in [-0.4, -0.2) is 97.5 Å². The maximum atomic E-state index is 11.3. The molecular formula is C17H38N4O5. The lowest BCUT2D eigenvalue weighted by Crippen LogP contribution is -2.37. The molecule has 0 rings (SSSR count). The first-order valence-corrected chi connectivity index (χ1v) is 9.38. The SMILES string of the molecule is CC(C)NCCOCCOCCOCCOCCNCC(=O)NCCN. The third-order valence-corrected chi connectivity index (χ3v) is 3.09. The standard InChI is InChI=1S/C17H38N4O5/c1-16(2)20-6-8-24-10-12-26-14-13-25-11-9-23-7-5-19-15-17(22)21-4-3-18/h16,19-20H,3-15,18H2,1-2H3,(H,21,22). The largest absolute Gasteiger partial charge is 0.378 e. The van der Waals surface area contributed by atoms with Crippen LogP contribution in [0.4, 0.5) is 0 Å². The van der Waals surface area contributed by atoms with E-state index in [1.54, 1.807) is 0 Å². The fourth-order valence-corrected chi connectivity index (χ4v) is 1.80. The van der Waals surface area contributed by atoms with Crippen molar-refractivity contribution in [2.75, 3.05) is 85.6 Å². The highest BCUT2D eigenvalue weighted by molar-refractivity contribution is 5.77. The van der Waals surface area contributed by atoms with Crippen molar-refractivity contribution in [3.05, 3.63) is 0 Å². The molecule has 0 aliphatic heterocycles. The second kappa shape index (κ2) is 20.5. The summed E-state index contributed by atoms with van der Waals surface area (Å²) < 4.78 is 21.6. The Labute approximate surface area is 157 Å². The summed E-state index contributed by atoms with van der Waals surface area (Å²) in [4.78, 5) is 11.3. The molecule has 0 radical (unpaired) electrons. The van der Waals surface area contributed by atoms with E-state index in [-0.39, 0.29) is 12.5 Å². The Morgan fingerprint density at radius 1 is 0.808 bits per heavy atom. The van der Waals surface area contributed by atoms with Crippen LogP contribution in [0.1, 0.15) is 13.8 Å². The van der Waals surface area contributed by atoms with E-state index in [4.69, 9.17) is 24.7 Å². The lowest BCUT2D eigenvalue weighted by atomic mass is 10.4. The zero-order chi connectivity index (χ0) is 19.3. The van der Waals surface area contributed by atoms with Gasteiger partial charge in [-0.1, -0.05) is 13.8 Å². The molecule has 0 saturated carbocycles. The van der Waals surface area contributed by atoms with Crippen molar-refractivity contribution in [1.82, 2.24) is 16.0 Å². The topological polar surface area (TPSA) is 116 Å². The maximum absolute atomic E-state index is 11.3. The van der Waals surface area contributed by atoms with Crippen LogP contribution in [0.2, 0.25) is 0 Å². The van der Waals surface area contributed by atoms with Gasteiger partial charge in [-0.15, -0.1) is 0 Å². The van der Waals surface area contributed by atoms with Gasteiger partial charge >= 0.3 is 0 Å². The third-order valence-electron chi connectivity index (χ3n) is 3.09. The molecule has 0 aromatic heterocycles. The summed E-state index contributed by atoms with van der Waals surface area (Å²) in [6, 6.07) is 0.486.